The predicted molar refractivity (Wildman–Crippen MR) is 113 cm³/mol. The Balaban J connectivity index is 1.55. The van der Waals surface area contributed by atoms with Crippen LogP contribution in [0.5, 0.6) is 11.5 Å². The number of ether oxygens (including phenoxy) is 2. The number of halogens is 2. The van der Waals surface area contributed by atoms with Gasteiger partial charge in [0.15, 0.2) is 13.2 Å². The minimum absolute atomic E-state index is 0.0456. The minimum atomic E-state index is -0.612. The normalized spacial score (nSPS) is 10.2. The first-order valence-electron chi connectivity index (χ1n) is 8.95. The molecule has 154 valence electrons. The number of anilines is 2. The number of nitrogens with one attached hydrogen (secondary N) is 2. The molecule has 0 spiro atoms. The van der Waals surface area contributed by atoms with E-state index in [1.165, 1.54) is 12.1 Å². The van der Waals surface area contributed by atoms with Gasteiger partial charge in [0, 0.05) is 5.02 Å². The molecule has 0 aliphatic heterocycles. The summed E-state index contributed by atoms with van der Waals surface area (Å²) in [6, 6.07) is 19.4. The van der Waals surface area contributed by atoms with Crippen molar-refractivity contribution >= 4 is 34.8 Å². The Hall–Kier alpha value is -3.58. The summed E-state index contributed by atoms with van der Waals surface area (Å²) in [5.74, 6) is -0.724. The van der Waals surface area contributed by atoms with Crippen LogP contribution in [0.2, 0.25) is 5.02 Å². The standard InChI is InChI=1S/C22H18ClFN2O4/c23-15-10-11-17(24)19(12-15)26-22(28)14-30-20-9-5-4-8-18(20)25-21(27)13-29-16-6-2-1-3-7-16/h1-12H,13-14H2,(H,25,27)(H,26,28). The van der Waals surface area contributed by atoms with Gasteiger partial charge in [-0.15, -0.1) is 0 Å². The van der Waals surface area contributed by atoms with Crippen molar-refractivity contribution in [2.75, 3.05) is 23.8 Å². The summed E-state index contributed by atoms with van der Waals surface area (Å²) >= 11 is 5.81. The topological polar surface area (TPSA) is 76.7 Å². The zero-order valence-electron chi connectivity index (χ0n) is 15.7. The van der Waals surface area contributed by atoms with Crippen molar-refractivity contribution in [3.63, 3.8) is 0 Å². The Morgan fingerprint density at radius 3 is 2.20 bits per heavy atom. The Morgan fingerprint density at radius 1 is 0.800 bits per heavy atom. The molecule has 2 amide bonds. The van der Waals surface area contributed by atoms with Crippen LogP contribution in [0.15, 0.2) is 72.8 Å². The van der Waals surface area contributed by atoms with Crippen molar-refractivity contribution in [3.8, 4) is 11.5 Å². The van der Waals surface area contributed by atoms with Crippen LogP contribution in [0.1, 0.15) is 0 Å². The number of hydrogen-bond donors (Lipinski definition) is 2. The van der Waals surface area contributed by atoms with Crippen LogP contribution >= 0.6 is 11.6 Å². The van der Waals surface area contributed by atoms with Crippen molar-refractivity contribution in [1.29, 1.82) is 0 Å². The minimum Gasteiger partial charge on any atom is -0.484 e. The SMILES string of the molecule is O=C(COc1ccccc1NC(=O)COc1ccccc1)Nc1cc(Cl)ccc1F. The maximum Gasteiger partial charge on any atom is 0.262 e. The van der Waals surface area contributed by atoms with Gasteiger partial charge in [-0.2, -0.15) is 0 Å². The van der Waals surface area contributed by atoms with Crippen LogP contribution < -0.4 is 20.1 Å². The Morgan fingerprint density at radius 2 is 1.43 bits per heavy atom. The maximum absolute atomic E-state index is 13.7. The van der Waals surface area contributed by atoms with E-state index >= 15 is 0 Å². The number of para-hydroxylation sites is 3. The largest absolute Gasteiger partial charge is 0.484 e. The highest BCUT2D eigenvalue weighted by atomic mass is 35.5. The fourth-order valence-corrected chi connectivity index (χ4v) is 2.64. The summed E-state index contributed by atoms with van der Waals surface area (Å²) in [6.45, 7) is -0.577. The maximum atomic E-state index is 13.7. The molecule has 8 heteroatoms. The predicted octanol–water partition coefficient (Wildman–Crippen LogP) is 4.51. The summed E-state index contributed by atoms with van der Waals surface area (Å²) in [5.41, 5.74) is 0.330. The average molecular weight is 429 g/mol. The lowest BCUT2D eigenvalue weighted by atomic mass is 10.3. The van der Waals surface area contributed by atoms with Gasteiger partial charge in [0.05, 0.1) is 11.4 Å². The summed E-state index contributed by atoms with van der Waals surface area (Å²) in [4.78, 5) is 24.3. The molecule has 0 aliphatic carbocycles. The zero-order chi connectivity index (χ0) is 21.3. The van der Waals surface area contributed by atoms with E-state index in [9.17, 15) is 14.0 Å². The molecule has 0 saturated heterocycles. The van der Waals surface area contributed by atoms with E-state index in [0.29, 0.717) is 16.5 Å². The van der Waals surface area contributed by atoms with Crippen LogP contribution in [-0.4, -0.2) is 25.0 Å². The molecular weight excluding hydrogens is 411 g/mol. The van der Waals surface area contributed by atoms with E-state index in [4.69, 9.17) is 21.1 Å². The van der Waals surface area contributed by atoms with Crippen molar-refractivity contribution < 1.29 is 23.5 Å². The summed E-state index contributed by atoms with van der Waals surface area (Å²) in [5, 5.41) is 5.35. The van der Waals surface area contributed by atoms with Gasteiger partial charge in [-0.3, -0.25) is 9.59 Å². The van der Waals surface area contributed by atoms with E-state index in [1.54, 1.807) is 48.5 Å². The highest BCUT2D eigenvalue weighted by Gasteiger charge is 2.12. The third kappa shape index (κ3) is 6.22. The second-order valence-corrected chi connectivity index (χ2v) is 6.54. The molecular formula is C22H18ClFN2O4. The van der Waals surface area contributed by atoms with Crippen LogP contribution in [0, 0.1) is 5.82 Å². The van der Waals surface area contributed by atoms with Crippen molar-refractivity contribution in [2.45, 2.75) is 0 Å². The number of benzene rings is 3. The Bertz CT molecular complexity index is 1030. The molecule has 6 nitrogen and oxygen atoms in total. The number of carbonyl (C=O) groups excluding carboxylic acids is 2. The van der Waals surface area contributed by atoms with Gasteiger partial charge in [0.2, 0.25) is 0 Å². The van der Waals surface area contributed by atoms with Crippen molar-refractivity contribution in [3.05, 3.63) is 83.6 Å². The smallest absolute Gasteiger partial charge is 0.262 e. The molecule has 0 aromatic heterocycles. The first-order chi connectivity index (χ1) is 14.5. The average Bonchev–Trinajstić information content (AvgIpc) is 2.75. The molecule has 0 atom stereocenters. The van der Waals surface area contributed by atoms with Gasteiger partial charge < -0.3 is 20.1 Å². The van der Waals surface area contributed by atoms with Gasteiger partial charge in [-0.1, -0.05) is 41.9 Å². The molecule has 0 heterocycles. The van der Waals surface area contributed by atoms with Gasteiger partial charge in [0.25, 0.3) is 11.8 Å². The molecule has 0 unspecified atom stereocenters. The molecule has 0 bridgehead atoms. The molecule has 0 fully saturated rings. The van der Waals surface area contributed by atoms with Crippen LogP contribution in [0.4, 0.5) is 15.8 Å². The van der Waals surface area contributed by atoms with E-state index in [-0.39, 0.29) is 30.6 Å². The van der Waals surface area contributed by atoms with Crippen LogP contribution in [-0.2, 0) is 9.59 Å². The molecule has 3 aromatic rings. The number of carbonyl (C=O) groups is 2. The lowest BCUT2D eigenvalue weighted by Gasteiger charge is -2.13. The third-order valence-corrected chi connectivity index (χ3v) is 4.07. The first kappa shape index (κ1) is 21.1. The lowest BCUT2D eigenvalue weighted by molar-refractivity contribution is -0.118. The second kappa shape index (κ2) is 10.3. The van der Waals surface area contributed by atoms with Crippen LogP contribution in [0.3, 0.4) is 0 Å². The quantitative estimate of drug-likeness (QED) is 0.553. The van der Waals surface area contributed by atoms with E-state index in [2.05, 4.69) is 10.6 Å². The molecule has 30 heavy (non-hydrogen) atoms. The summed E-state index contributed by atoms with van der Waals surface area (Å²) in [6.07, 6.45) is 0. The van der Waals surface area contributed by atoms with Gasteiger partial charge in [-0.05, 0) is 42.5 Å². The van der Waals surface area contributed by atoms with E-state index in [0.717, 1.165) is 6.07 Å². The number of rotatable bonds is 8. The van der Waals surface area contributed by atoms with Gasteiger partial charge >= 0.3 is 0 Å². The monoisotopic (exact) mass is 428 g/mol. The third-order valence-electron chi connectivity index (χ3n) is 3.84. The zero-order valence-corrected chi connectivity index (χ0v) is 16.5. The molecule has 0 radical (unpaired) electrons. The van der Waals surface area contributed by atoms with Crippen LogP contribution in [0.25, 0.3) is 0 Å². The molecule has 3 rings (SSSR count). The van der Waals surface area contributed by atoms with Crippen molar-refractivity contribution in [2.24, 2.45) is 0 Å². The van der Waals surface area contributed by atoms with Crippen molar-refractivity contribution in [1.82, 2.24) is 0 Å². The molecule has 0 aliphatic rings. The lowest BCUT2D eigenvalue weighted by Crippen LogP contribution is -2.23. The summed E-state index contributed by atoms with van der Waals surface area (Å²) < 4.78 is 24.6. The number of amides is 2. The van der Waals surface area contributed by atoms with E-state index in [1.807, 2.05) is 6.07 Å². The highest BCUT2D eigenvalue weighted by molar-refractivity contribution is 6.30. The van der Waals surface area contributed by atoms with Gasteiger partial charge in [0.1, 0.15) is 17.3 Å². The fourth-order valence-electron chi connectivity index (χ4n) is 2.47. The Labute approximate surface area is 177 Å². The highest BCUT2D eigenvalue weighted by Crippen LogP contribution is 2.24. The molecule has 3 aromatic carbocycles. The number of hydrogen-bond acceptors (Lipinski definition) is 4. The van der Waals surface area contributed by atoms with E-state index < -0.39 is 11.7 Å². The fraction of sp³-hybridized carbons (Fsp3) is 0.0909. The molecule has 0 saturated carbocycles. The second-order valence-electron chi connectivity index (χ2n) is 6.11. The summed E-state index contributed by atoms with van der Waals surface area (Å²) in [7, 11) is 0. The first-order valence-corrected chi connectivity index (χ1v) is 9.33. The molecule has 2 N–H and O–H groups in total. The Kier molecular flexibility index (Phi) is 7.24. The van der Waals surface area contributed by atoms with Gasteiger partial charge in [-0.25, -0.2) is 4.39 Å².